The third-order valence-corrected chi connectivity index (χ3v) is 4.95. The zero-order chi connectivity index (χ0) is 16.4. The van der Waals surface area contributed by atoms with E-state index in [1.54, 1.807) is 48.8 Å². The Bertz CT molecular complexity index is 928. The molecule has 5 nitrogen and oxygen atoms in total. The average molecular weight is 327 g/mol. The second-order valence-electron chi connectivity index (χ2n) is 5.38. The fraction of sp³-hybridized carbons (Fsp3) is 0.118. The molecule has 0 unspecified atom stereocenters. The highest BCUT2D eigenvalue weighted by molar-refractivity contribution is 7.92. The van der Waals surface area contributed by atoms with Gasteiger partial charge in [0.1, 0.15) is 0 Å². The molecule has 3 aromatic rings. The molecule has 0 aliphatic heterocycles. The second kappa shape index (κ2) is 5.89. The normalized spacial score (nSPS) is 11.4. The Morgan fingerprint density at radius 3 is 2.43 bits per heavy atom. The Hall–Kier alpha value is -2.60. The van der Waals surface area contributed by atoms with E-state index in [1.807, 2.05) is 19.9 Å². The van der Waals surface area contributed by atoms with Gasteiger partial charge in [-0.05, 0) is 38.1 Å². The number of nitrogens with one attached hydrogen (secondary N) is 2. The zero-order valence-electron chi connectivity index (χ0n) is 12.9. The van der Waals surface area contributed by atoms with Gasteiger partial charge in [-0.25, -0.2) is 13.4 Å². The highest BCUT2D eigenvalue weighted by Gasteiger charge is 2.14. The number of sulfonamides is 1. The Kier molecular flexibility index (Phi) is 3.92. The molecule has 0 saturated heterocycles. The first-order valence-electron chi connectivity index (χ1n) is 7.15. The Labute approximate surface area is 135 Å². The first kappa shape index (κ1) is 15.3. The number of hydrogen-bond acceptors (Lipinski definition) is 3. The van der Waals surface area contributed by atoms with Gasteiger partial charge >= 0.3 is 0 Å². The van der Waals surface area contributed by atoms with Crippen LogP contribution >= 0.6 is 0 Å². The highest BCUT2D eigenvalue weighted by atomic mass is 32.2. The molecule has 3 rings (SSSR count). The van der Waals surface area contributed by atoms with Crippen molar-refractivity contribution in [1.82, 2.24) is 9.97 Å². The minimum Gasteiger partial charge on any atom is -0.348 e. The van der Waals surface area contributed by atoms with Gasteiger partial charge in [-0.2, -0.15) is 0 Å². The fourth-order valence-electron chi connectivity index (χ4n) is 2.31. The largest absolute Gasteiger partial charge is 0.348 e. The van der Waals surface area contributed by atoms with Gasteiger partial charge in [0, 0.05) is 16.9 Å². The van der Waals surface area contributed by atoms with Crippen LogP contribution in [0.1, 0.15) is 11.3 Å². The number of anilines is 1. The Morgan fingerprint density at radius 2 is 1.78 bits per heavy atom. The van der Waals surface area contributed by atoms with E-state index < -0.39 is 10.0 Å². The van der Waals surface area contributed by atoms with Crippen LogP contribution < -0.4 is 4.72 Å². The summed E-state index contributed by atoms with van der Waals surface area (Å²) in [5.41, 5.74) is 4.11. The first-order valence-corrected chi connectivity index (χ1v) is 8.64. The summed E-state index contributed by atoms with van der Waals surface area (Å²) in [5, 5.41) is 0. The van der Waals surface area contributed by atoms with Crippen LogP contribution in [0.25, 0.3) is 11.3 Å². The van der Waals surface area contributed by atoms with Crippen LogP contribution in [0.5, 0.6) is 0 Å². The number of H-pyrrole nitrogens is 1. The second-order valence-corrected chi connectivity index (χ2v) is 7.06. The van der Waals surface area contributed by atoms with E-state index in [0.29, 0.717) is 5.69 Å². The van der Waals surface area contributed by atoms with Crippen molar-refractivity contribution in [3.63, 3.8) is 0 Å². The van der Waals surface area contributed by atoms with Crippen molar-refractivity contribution in [2.75, 3.05) is 4.72 Å². The molecule has 118 valence electrons. The standard InChI is InChI=1S/C17H17N3O2S/c1-12-6-8-16(9-7-12)23(21,22)20-15-5-3-4-14(10-15)17-13(2)18-11-19-17/h3-11,20H,1-2H3,(H,18,19). The number of benzene rings is 2. The minimum atomic E-state index is -3.60. The van der Waals surface area contributed by atoms with Crippen molar-refractivity contribution >= 4 is 15.7 Å². The molecule has 0 radical (unpaired) electrons. The molecule has 2 aromatic carbocycles. The van der Waals surface area contributed by atoms with Crippen molar-refractivity contribution in [3.8, 4) is 11.3 Å². The molecule has 0 saturated carbocycles. The molecule has 23 heavy (non-hydrogen) atoms. The molecule has 0 aliphatic rings. The quantitative estimate of drug-likeness (QED) is 0.770. The van der Waals surface area contributed by atoms with E-state index in [0.717, 1.165) is 22.5 Å². The van der Waals surface area contributed by atoms with Gasteiger partial charge in [0.25, 0.3) is 10.0 Å². The molecule has 2 N–H and O–H groups in total. The van der Waals surface area contributed by atoms with Gasteiger partial charge in [-0.1, -0.05) is 29.8 Å². The Morgan fingerprint density at radius 1 is 1.04 bits per heavy atom. The molecule has 0 fully saturated rings. The Balaban J connectivity index is 1.91. The van der Waals surface area contributed by atoms with Crippen LogP contribution in [0.3, 0.4) is 0 Å². The summed E-state index contributed by atoms with van der Waals surface area (Å²) in [6, 6.07) is 13.9. The number of aromatic amines is 1. The maximum absolute atomic E-state index is 12.4. The number of aromatic nitrogens is 2. The van der Waals surface area contributed by atoms with Crippen molar-refractivity contribution in [3.05, 3.63) is 66.1 Å². The van der Waals surface area contributed by atoms with Gasteiger partial charge in [0.15, 0.2) is 0 Å². The van der Waals surface area contributed by atoms with E-state index in [9.17, 15) is 8.42 Å². The van der Waals surface area contributed by atoms with E-state index in [4.69, 9.17) is 0 Å². The number of nitrogens with zero attached hydrogens (tertiary/aromatic N) is 1. The number of imidazole rings is 1. The monoisotopic (exact) mass is 327 g/mol. The topological polar surface area (TPSA) is 74.8 Å². The van der Waals surface area contributed by atoms with Crippen LogP contribution in [0, 0.1) is 13.8 Å². The molecule has 0 bridgehead atoms. The predicted octanol–water partition coefficient (Wildman–Crippen LogP) is 3.49. The van der Waals surface area contributed by atoms with Crippen LogP contribution in [0.2, 0.25) is 0 Å². The zero-order valence-corrected chi connectivity index (χ0v) is 13.7. The molecule has 0 amide bonds. The van der Waals surface area contributed by atoms with E-state index in [-0.39, 0.29) is 4.90 Å². The lowest BCUT2D eigenvalue weighted by atomic mass is 10.1. The number of rotatable bonds is 4. The van der Waals surface area contributed by atoms with Crippen LogP contribution in [-0.4, -0.2) is 18.4 Å². The van der Waals surface area contributed by atoms with Crippen LogP contribution in [0.4, 0.5) is 5.69 Å². The lowest BCUT2D eigenvalue weighted by molar-refractivity contribution is 0.601. The summed E-state index contributed by atoms with van der Waals surface area (Å²) in [5.74, 6) is 0. The minimum absolute atomic E-state index is 0.240. The number of aryl methyl sites for hydroxylation is 2. The summed E-state index contributed by atoms with van der Waals surface area (Å²) in [6.45, 7) is 3.84. The molecule has 1 heterocycles. The van der Waals surface area contributed by atoms with Gasteiger partial charge < -0.3 is 4.98 Å². The van der Waals surface area contributed by atoms with Crippen molar-refractivity contribution in [2.24, 2.45) is 0 Å². The third kappa shape index (κ3) is 3.27. The maximum atomic E-state index is 12.4. The molecule has 0 spiro atoms. The molecular weight excluding hydrogens is 310 g/mol. The highest BCUT2D eigenvalue weighted by Crippen LogP contribution is 2.24. The van der Waals surface area contributed by atoms with Crippen molar-refractivity contribution < 1.29 is 8.42 Å². The SMILES string of the molecule is Cc1ccc(S(=O)(=O)Nc2cccc(-c3nc[nH]c3C)c2)cc1. The smallest absolute Gasteiger partial charge is 0.261 e. The van der Waals surface area contributed by atoms with E-state index >= 15 is 0 Å². The first-order chi connectivity index (χ1) is 11.0. The predicted molar refractivity (Wildman–Crippen MR) is 90.7 cm³/mol. The van der Waals surface area contributed by atoms with E-state index in [2.05, 4.69) is 14.7 Å². The van der Waals surface area contributed by atoms with Crippen LogP contribution in [-0.2, 0) is 10.0 Å². The molecule has 1 aromatic heterocycles. The van der Waals surface area contributed by atoms with Gasteiger partial charge in [0.05, 0.1) is 16.9 Å². The molecule has 6 heteroatoms. The molecular formula is C17H17N3O2S. The fourth-order valence-corrected chi connectivity index (χ4v) is 3.36. The summed E-state index contributed by atoms with van der Waals surface area (Å²) >= 11 is 0. The maximum Gasteiger partial charge on any atom is 0.261 e. The number of hydrogen-bond donors (Lipinski definition) is 2. The van der Waals surface area contributed by atoms with Crippen LogP contribution in [0.15, 0.2) is 59.8 Å². The van der Waals surface area contributed by atoms with Crippen molar-refractivity contribution in [1.29, 1.82) is 0 Å². The third-order valence-electron chi connectivity index (χ3n) is 3.55. The summed E-state index contributed by atoms with van der Waals surface area (Å²) in [7, 11) is -3.60. The van der Waals surface area contributed by atoms with E-state index in [1.165, 1.54) is 0 Å². The summed E-state index contributed by atoms with van der Waals surface area (Å²) in [4.78, 5) is 7.52. The summed E-state index contributed by atoms with van der Waals surface area (Å²) < 4.78 is 27.5. The van der Waals surface area contributed by atoms with Gasteiger partial charge in [0.2, 0.25) is 0 Å². The lowest BCUT2D eigenvalue weighted by Crippen LogP contribution is -2.12. The van der Waals surface area contributed by atoms with Crippen molar-refractivity contribution in [2.45, 2.75) is 18.7 Å². The molecule has 0 aliphatic carbocycles. The summed E-state index contributed by atoms with van der Waals surface area (Å²) in [6.07, 6.45) is 1.62. The molecule has 0 atom stereocenters. The van der Waals surface area contributed by atoms with Gasteiger partial charge in [-0.3, -0.25) is 4.72 Å². The average Bonchev–Trinajstić information content (AvgIpc) is 2.94. The lowest BCUT2D eigenvalue weighted by Gasteiger charge is -2.09. The van der Waals surface area contributed by atoms with Gasteiger partial charge in [-0.15, -0.1) is 0 Å².